The van der Waals surface area contributed by atoms with Crippen molar-refractivity contribution in [2.45, 2.75) is 44.7 Å². The van der Waals surface area contributed by atoms with Gasteiger partial charge in [0.2, 0.25) is 6.43 Å². The minimum absolute atomic E-state index is 0.0331. The van der Waals surface area contributed by atoms with Crippen LogP contribution in [0.5, 0.6) is 11.8 Å². The first-order valence-electron chi connectivity index (χ1n) is 17.5. The van der Waals surface area contributed by atoms with Gasteiger partial charge >= 0.3 is 6.01 Å². The Morgan fingerprint density at radius 2 is 2.00 bits per heavy atom. The molecule has 2 N–H and O–H groups in total. The van der Waals surface area contributed by atoms with E-state index in [0.717, 1.165) is 23.8 Å². The van der Waals surface area contributed by atoms with Crippen molar-refractivity contribution < 1.29 is 34.3 Å². The lowest BCUT2D eigenvalue weighted by molar-refractivity contribution is -0.0679. The van der Waals surface area contributed by atoms with E-state index in [-0.39, 0.29) is 69.7 Å². The number of nitrogens with one attached hydrogen (secondary N) is 1. The van der Waals surface area contributed by atoms with Crippen LogP contribution in [-0.4, -0.2) is 83.2 Å². The van der Waals surface area contributed by atoms with Crippen molar-refractivity contribution in [3.05, 3.63) is 47.7 Å². The number of likely N-dealkylation sites (tertiary alicyclic amines) is 1. The van der Waals surface area contributed by atoms with E-state index in [0.29, 0.717) is 18.5 Å². The number of terminal acetylenes is 1. The lowest BCUT2D eigenvalue weighted by atomic mass is 9.73. The van der Waals surface area contributed by atoms with Crippen molar-refractivity contribution in [3.8, 4) is 35.4 Å². The van der Waals surface area contributed by atoms with Crippen LogP contribution in [0.3, 0.4) is 0 Å². The summed E-state index contributed by atoms with van der Waals surface area (Å²) in [4.78, 5) is 16.0. The third-order valence-corrected chi connectivity index (χ3v) is 9.34. The Bertz CT molecular complexity index is 2070. The number of nitrogens with zero attached hydrogens (tertiary/aromatic N) is 5. The molecule has 3 aliphatic rings. The first-order chi connectivity index (χ1) is 24.0. The van der Waals surface area contributed by atoms with Crippen LogP contribution in [0.15, 0.2) is 30.5 Å². The van der Waals surface area contributed by atoms with E-state index in [2.05, 4.69) is 26.2 Å². The number of aromatic hydroxyl groups is 1. The number of hydrogen-bond acceptors (Lipinski definition) is 8. The van der Waals surface area contributed by atoms with E-state index in [9.17, 15) is 18.3 Å². The Morgan fingerprint density at radius 1 is 1.22 bits per heavy atom. The van der Waals surface area contributed by atoms with Gasteiger partial charge in [0.05, 0.1) is 20.3 Å². The number of benzene rings is 2. The summed E-state index contributed by atoms with van der Waals surface area (Å²) in [5, 5.41) is 14.6. The summed E-state index contributed by atoms with van der Waals surface area (Å²) in [6.07, 6.45) is 5.42. The molecule has 7 rings (SSSR count). The number of phenolic OH excluding ortho intramolecular Hbond substituents is 1. The number of rotatable bonds is 6. The van der Waals surface area contributed by atoms with E-state index in [1.807, 2.05) is 4.90 Å². The molecule has 0 radical (unpaired) electrons. The normalized spacial score (nSPS) is 27.2. The summed E-state index contributed by atoms with van der Waals surface area (Å²) in [7, 11) is 0. The maximum Gasteiger partial charge on any atom is 0.319 e. The number of alkyl halides is 2. The first kappa shape index (κ1) is 25.0. The first-order valence-corrected chi connectivity index (χ1v) is 15.0. The second-order valence-electron chi connectivity index (χ2n) is 12.5. The van der Waals surface area contributed by atoms with Gasteiger partial charge in [0.15, 0.2) is 5.82 Å². The molecule has 3 saturated heterocycles. The Labute approximate surface area is 270 Å². The largest absolute Gasteiger partial charge is 0.508 e. The molecule has 2 aromatic carbocycles. The van der Waals surface area contributed by atoms with Gasteiger partial charge in [0.25, 0.3) is 0 Å². The molecule has 5 heterocycles. The molecule has 3 fully saturated rings. The van der Waals surface area contributed by atoms with Crippen molar-refractivity contribution >= 4 is 27.5 Å². The van der Waals surface area contributed by atoms with Crippen molar-refractivity contribution in [2.75, 3.05) is 44.6 Å². The third kappa shape index (κ3) is 5.25. The van der Waals surface area contributed by atoms with Crippen molar-refractivity contribution in [3.63, 3.8) is 0 Å². The average molecular weight is 640 g/mol. The van der Waals surface area contributed by atoms with Gasteiger partial charge in [0.1, 0.15) is 28.6 Å². The van der Waals surface area contributed by atoms with E-state index in [1.54, 1.807) is 0 Å². The third-order valence-electron chi connectivity index (χ3n) is 9.34. The number of phenols is 1. The standard InChI is InChI=1S/C34H34F4N6O2/c1-4-22-26(35)8-5-18-11-21(45)12-23(27(18)22)29-28(36)30-24(13-39-29)32(44-14-19-6-7-20(15-44)40-19)42-33(41-30)46-17-34(2)16-43(3)10-9-25(34)31(37)38/h1,5,8,11-13,19-20,25,31,40,45H,6-7,9-10,14-17H2,2-3H3/t19-,20+,25-,34+/m1/s1/i3D3,17D2. The highest BCUT2D eigenvalue weighted by atomic mass is 19.3. The monoisotopic (exact) mass is 639 g/mol. The number of halogens is 4. The van der Waals surface area contributed by atoms with Gasteiger partial charge in [-0.2, -0.15) is 9.97 Å². The highest BCUT2D eigenvalue weighted by Gasteiger charge is 2.44. The molecule has 0 spiro atoms. The van der Waals surface area contributed by atoms with Crippen LogP contribution < -0.4 is 15.0 Å². The summed E-state index contributed by atoms with van der Waals surface area (Å²) >= 11 is 0. The fourth-order valence-electron chi connectivity index (χ4n) is 7.10. The van der Waals surface area contributed by atoms with Crippen LogP contribution in [0.2, 0.25) is 0 Å². The van der Waals surface area contributed by atoms with E-state index < -0.39 is 55.5 Å². The number of pyridine rings is 1. The molecule has 3 aliphatic heterocycles. The van der Waals surface area contributed by atoms with Gasteiger partial charge in [-0.25, -0.2) is 17.6 Å². The molecule has 4 atom stereocenters. The van der Waals surface area contributed by atoms with Gasteiger partial charge in [-0.3, -0.25) is 4.98 Å². The average Bonchev–Trinajstić information content (AvgIpc) is 3.40. The van der Waals surface area contributed by atoms with Crippen LogP contribution in [0.1, 0.15) is 38.6 Å². The molecule has 0 amide bonds. The molecule has 2 bridgehead atoms. The van der Waals surface area contributed by atoms with Crippen LogP contribution in [0.4, 0.5) is 23.4 Å². The SMILES string of the molecule is [2H]C([2H])([2H])N1CC[C@H](C(F)F)[C@](C)(C([2H])([2H])Oc2nc(N3C[C@H]4CC[C@@H](C3)N4)c3cnc(-c4cc(O)cc5ccc(F)c(C#C)c45)c(F)c3n2)C1. The lowest BCUT2D eigenvalue weighted by Crippen LogP contribution is -2.51. The molecular formula is C34H34F4N6O2. The topological polar surface area (TPSA) is 86.6 Å². The zero-order valence-corrected chi connectivity index (χ0v) is 24.8. The Morgan fingerprint density at radius 3 is 2.72 bits per heavy atom. The smallest absolute Gasteiger partial charge is 0.319 e. The van der Waals surface area contributed by atoms with Crippen molar-refractivity contribution in [1.29, 1.82) is 0 Å². The number of aromatic nitrogens is 3. The highest BCUT2D eigenvalue weighted by Crippen LogP contribution is 2.41. The van der Waals surface area contributed by atoms with E-state index in [4.69, 9.17) is 18.0 Å². The molecule has 2 aromatic heterocycles. The van der Waals surface area contributed by atoms with Gasteiger partial charge in [-0.1, -0.05) is 18.9 Å². The molecule has 4 aromatic rings. The number of piperidine rings is 1. The predicted molar refractivity (Wildman–Crippen MR) is 167 cm³/mol. The van der Waals surface area contributed by atoms with Crippen molar-refractivity contribution in [1.82, 2.24) is 25.2 Å². The van der Waals surface area contributed by atoms with E-state index in [1.165, 1.54) is 31.3 Å². The van der Waals surface area contributed by atoms with Gasteiger partial charge in [0, 0.05) is 64.3 Å². The van der Waals surface area contributed by atoms with Gasteiger partial charge < -0.3 is 25.0 Å². The molecule has 12 heteroatoms. The highest BCUT2D eigenvalue weighted by molar-refractivity contribution is 6.03. The zero-order chi connectivity index (χ0) is 36.6. The molecular weight excluding hydrogens is 600 g/mol. The van der Waals surface area contributed by atoms with Crippen molar-refractivity contribution in [2.24, 2.45) is 11.3 Å². The number of anilines is 1. The summed E-state index contributed by atoms with van der Waals surface area (Å²) in [5.41, 5.74) is -3.00. The Hall–Kier alpha value is -4.21. The van der Waals surface area contributed by atoms with E-state index >= 15 is 4.39 Å². The fourth-order valence-corrected chi connectivity index (χ4v) is 7.10. The molecule has 46 heavy (non-hydrogen) atoms. The summed E-state index contributed by atoms with van der Waals surface area (Å²) in [6, 6.07) is 4.57. The number of piperazine rings is 1. The second-order valence-corrected chi connectivity index (χ2v) is 12.5. The quantitative estimate of drug-likeness (QED) is 0.216. The Balaban J connectivity index is 1.40. The van der Waals surface area contributed by atoms with Crippen LogP contribution in [-0.2, 0) is 0 Å². The maximum atomic E-state index is 16.9. The van der Waals surface area contributed by atoms with Gasteiger partial charge in [-0.15, -0.1) is 6.42 Å². The lowest BCUT2D eigenvalue weighted by Gasteiger charge is -2.44. The van der Waals surface area contributed by atoms with Crippen LogP contribution in [0.25, 0.3) is 32.9 Å². The maximum absolute atomic E-state index is 16.9. The minimum Gasteiger partial charge on any atom is -0.508 e. The Kier molecular flexibility index (Phi) is 6.26. The summed E-state index contributed by atoms with van der Waals surface area (Å²) in [5.74, 6) is -1.20. The number of ether oxygens (including phenoxy) is 1. The fraction of sp³-hybridized carbons (Fsp3) is 0.441. The summed E-state index contributed by atoms with van der Waals surface area (Å²) in [6.45, 7) is -4.32. The zero-order valence-electron chi connectivity index (χ0n) is 29.8. The van der Waals surface area contributed by atoms with Gasteiger partial charge in [-0.05, 0) is 56.4 Å². The predicted octanol–water partition coefficient (Wildman–Crippen LogP) is 5.35. The number of hydrogen-bond donors (Lipinski definition) is 2. The second kappa shape index (κ2) is 11.5. The molecule has 8 nitrogen and oxygen atoms in total. The molecule has 0 unspecified atom stereocenters. The molecule has 240 valence electrons. The van der Waals surface area contributed by atoms with Crippen LogP contribution in [0, 0.1) is 35.3 Å². The number of fused-ring (bicyclic) bond motifs is 4. The summed E-state index contributed by atoms with van der Waals surface area (Å²) < 4.78 is 108. The van der Waals surface area contributed by atoms with Crippen LogP contribution >= 0.6 is 0 Å². The molecule has 0 aliphatic carbocycles. The molecule has 0 saturated carbocycles. The minimum atomic E-state index is -3.00.